The molecule has 0 radical (unpaired) electrons. The quantitative estimate of drug-likeness (QED) is 0.423. The van der Waals surface area contributed by atoms with Crippen molar-refractivity contribution < 1.29 is 24.2 Å². The number of carbonyl (C=O) groups is 2. The van der Waals surface area contributed by atoms with Gasteiger partial charge in [0.15, 0.2) is 0 Å². The fourth-order valence-corrected chi connectivity index (χ4v) is 4.64. The highest BCUT2D eigenvalue weighted by Crippen LogP contribution is 2.43. The normalized spacial score (nSPS) is 19.7. The van der Waals surface area contributed by atoms with Crippen molar-refractivity contribution in [3.05, 3.63) is 89.5 Å². The summed E-state index contributed by atoms with van der Waals surface area (Å²) < 4.78 is 12.7. The Kier molecular flexibility index (Phi) is 7.83. The molecule has 0 saturated carbocycles. The molecule has 3 atom stereocenters. The van der Waals surface area contributed by atoms with Crippen LogP contribution in [0, 0.1) is 0 Å². The third-order valence-corrected chi connectivity index (χ3v) is 6.20. The Bertz CT molecular complexity index is 1180. The van der Waals surface area contributed by atoms with Crippen LogP contribution < -0.4 is 10.1 Å². The Morgan fingerprint density at radius 2 is 1.71 bits per heavy atom. The van der Waals surface area contributed by atoms with E-state index in [1.54, 1.807) is 18.2 Å². The molecule has 0 aliphatic carbocycles. The molecule has 0 bridgehead atoms. The molecule has 1 aliphatic rings. The van der Waals surface area contributed by atoms with E-state index in [1.165, 1.54) is 6.92 Å². The van der Waals surface area contributed by atoms with Crippen LogP contribution in [0.25, 0.3) is 11.1 Å². The number of ether oxygens (including phenoxy) is 2. The average molecular weight is 474 g/mol. The summed E-state index contributed by atoms with van der Waals surface area (Å²) >= 11 is 0. The molecule has 2 N–H and O–H groups in total. The Morgan fingerprint density at radius 3 is 2.43 bits per heavy atom. The molecule has 1 amide bonds. The zero-order valence-corrected chi connectivity index (χ0v) is 20.1. The van der Waals surface area contributed by atoms with Crippen LogP contribution in [0.2, 0.25) is 0 Å². The Balaban J connectivity index is 1.72. The largest absolute Gasteiger partial charge is 0.493 e. The molecule has 6 nitrogen and oxygen atoms in total. The monoisotopic (exact) mass is 473 g/mol. The lowest BCUT2D eigenvalue weighted by Gasteiger charge is -2.37. The lowest BCUT2D eigenvalue weighted by molar-refractivity contribution is -0.122. The first-order valence-electron chi connectivity index (χ1n) is 12.0. The molecule has 182 valence electrons. The van der Waals surface area contributed by atoms with E-state index in [0.717, 1.165) is 23.1 Å². The predicted octanol–water partition coefficient (Wildman–Crippen LogP) is 5.94. The molecule has 1 aliphatic heterocycles. The van der Waals surface area contributed by atoms with Gasteiger partial charge >= 0.3 is 5.97 Å². The van der Waals surface area contributed by atoms with Crippen molar-refractivity contribution in [1.82, 2.24) is 5.32 Å². The molecule has 0 unspecified atom stereocenters. The molecular weight excluding hydrogens is 442 g/mol. The number of benzene rings is 3. The zero-order valence-electron chi connectivity index (χ0n) is 20.1. The summed E-state index contributed by atoms with van der Waals surface area (Å²) in [7, 11) is 0. The van der Waals surface area contributed by atoms with Crippen molar-refractivity contribution in [2.75, 3.05) is 6.61 Å². The van der Waals surface area contributed by atoms with Crippen LogP contribution in [-0.2, 0) is 9.53 Å². The van der Waals surface area contributed by atoms with Crippen molar-refractivity contribution in [3.8, 4) is 16.9 Å². The highest BCUT2D eigenvalue weighted by atomic mass is 16.5. The van der Waals surface area contributed by atoms with Crippen LogP contribution >= 0.6 is 0 Å². The molecule has 4 rings (SSSR count). The standard InChI is InChI=1S/C29H31NO5/c1-3-15-34-27-16-21(23-11-7-8-12-24(23)29(32)33)13-14-25(27)28-18-22(30-19(2)31)17-26(35-28)20-9-5-4-6-10-20/h4-14,16,22,26,28H,3,15,17-18H2,1-2H3,(H,30,31)(H,32,33)/t22-,26-,28+/m0/s1. The van der Waals surface area contributed by atoms with Crippen molar-refractivity contribution >= 4 is 11.9 Å². The summed E-state index contributed by atoms with van der Waals surface area (Å²) in [6, 6.07) is 22.7. The second-order valence-corrected chi connectivity index (χ2v) is 8.84. The van der Waals surface area contributed by atoms with Gasteiger partial charge in [-0.05, 0) is 48.1 Å². The average Bonchev–Trinajstić information content (AvgIpc) is 2.87. The summed E-state index contributed by atoms with van der Waals surface area (Å²) in [4.78, 5) is 23.6. The molecule has 0 spiro atoms. The van der Waals surface area contributed by atoms with Crippen molar-refractivity contribution in [2.24, 2.45) is 0 Å². The molecule has 3 aromatic carbocycles. The first-order valence-corrected chi connectivity index (χ1v) is 12.0. The number of hydrogen-bond donors (Lipinski definition) is 2. The Hall–Kier alpha value is -3.64. The van der Waals surface area contributed by atoms with E-state index in [4.69, 9.17) is 9.47 Å². The molecule has 0 aromatic heterocycles. The van der Waals surface area contributed by atoms with Gasteiger partial charge in [0, 0.05) is 18.5 Å². The van der Waals surface area contributed by atoms with E-state index in [9.17, 15) is 14.7 Å². The van der Waals surface area contributed by atoms with Gasteiger partial charge in [-0.1, -0.05) is 67.6 Å². The molecule has 3 aromatic rings. The third-order valence-electron chi connectivity index (χ3n) is 6.20. The summed E-state index contributed by atoms with van der Waals surface area (Å²) in [5.41, 5.74) is 3.61. The minimum absolute atomic E-state index is 0.0390. The molecule has 35 heavy (non-hydrogen) atoms. The first-order chi connectivity index (χ1) is 17.0. The second-order valence-electron chi connectivity index (χ2n) is 8.84. The van der Waals surface area contributed by atoms with Crippen LogP contribution in [0.1, 0.15) is 66.8 Å². The van der Waals surface area contributed by atoms with E-state index in [1.807, 2.05) is 61.5 Å². The fraction of sp³-hybridized carbons (Fsp3) is 0.310. The van der Waals surface area contributed by atoms with Crippen LogP contribution in [0.4, 0.5) is 0 Å². The van der Waals surface area contributed by atoms with Gasteiger partial charge in [0.2, 0.25) is 5.91 Å². The van der Waals surface area contributed by atoms with E-state index in [-0.39, 0.29) is 29.7 Å². The summed E-state index contributed by atoms with van der Waals surface area (Å²) in [5, 5.41) is 12.7. The highest BCUT2D eigenvalue weighted by molar-refractivity contribution is 5.96. The lowest BCUT2D eigenvalue weighted by atomic mass is 9.89. The van der Waals surface area contributed by atoms with Crippen molar-refractivity contribution in [3.63, 3.8) is 0 Å². The molecular formula is C29H31NO5. The second kappa shape index (κ2) is 11.2. The zero-order chi connectivity index (χ0) is 24.8. The van der Waals surface area contributed by atoms with Gasteiger partial charge in [-0.25, -0.2) is 4.79 Å². The maximum atomic E-state index is 11.9. The van der Waals surface area contributed by atoms with Gasteiger partial charge in [0.1, 0.15) is 5.75 Å². The highest BCUT2D eigenvalue weighted by Gasteiger charge is 2.33. The van der Waals surface area contributed by atoms with Gasteiger partial charge in [0.25, 0.3) is 0 Å². The molecule has 1 saturated heterocycles. The van der Waals surface area contributed by atoms with Gasteiger partial charge in [0.05, 0.1) is 24.4 Å². The van der Waals surface area contributed by atoms with Crippen LogP contribution in [0.3, 0.4) is 0 Å². The molecule has 6 heteroatoms. The number of carboxylic acid groups (broad SMARTS) is 1. The smallest absolute Gasteiger partial charge is 0.336 e. The van der Waals surface area contributed by atoms with Crippen LogP contribution in [-0.4, -0.2) is 29.6 Å². The molecule has 1 heterocycles. The first kappa shape index (κ1) is 24.5. The lowest BCUT2D eigenvalue weighted by Crippen LogP contribution is -2.39. The van der Waals surface area contributed by atoms with Crippen molar-refractivity contribution in [1.29, 1.82) is 0 Å². The number of nitrogens with one attached hydrogen (secondary N) is 1. The minimum Gasteiger partial charge on any atom is -0.493 e. The van der Waals surface area contributed by atoms with E-state index < -0.39 is 5.97 Å². The van der Waals surface area contributed by atoms with E-state index in [2.05, 4.69) is 5.32 Å². The summed E-state index contributed by atoms with van der Waals surface area (Å²) in [5.74, 6) is -0.365. The van der Waals surface area contributed by atoms with E-state index >= 15 is 0 Å². The van der Waals surface area contributed by atoms with Gasteiger partial charge < -0.3 is 19.9 Å². The van der Waals surface area contributed by atoms with Gasteiger partial charge in [-0.3, -0.25) is 4.79 Å². The van der Waals surface area contributed by atoms with Crippen LogP contribution in [0.5, 0.6) is 5.75 Å². The number of hydrogen-bond acceptors (Lipinski definition) is 4. The Labute approximate surface area is 205 Å². The van der Waals surface area contributed by atoms with Crippen molar-refractivity contribution in [2.45, 2.75) is 51.4 Å². The Morgan fingerprint density at radius 1 is 1.00 bits per heavy atom. The number of carboxylic acids is 1. The number of aromatic carboxylic acids is 1. The fourth-order valence-electron chi connectivity index (χ4n) is 4.64. The predicted molar refractivity (Wildman–Crippen MR) is 134 cm³/mol. The molecule has 1 fully saturated rings. The minimum atomic E-state index is -0.972. The summed E-state index contributed by atoms with van der Waals surface area (Å²) in [6.45, 7) is 4.10. The van der Waals surface area contributed by atoms with Gasteiger partial charge in [-0.2, -0.15) is 0 Å². The topological polar surface area (TPSA) is 84.9 Å². The number of carbonyl (C=O) groups excluding carboxylic acids is 1. The van der Waals surface area contributed by atoms with Gasteiger partial charge in [-0.15, -0.1) is 0 Å². The third kappa shape index (κ3) is 5.89. The maximum absolute atomic E-state index is 11.9. The SMILES string of the molecule is CCCOc1cc(-c2ccccc2C(=O)O)ccc1[C@H]1C[C@@H](NC(C)=O)C[C@@H](c2ccccc2)O1. The van der Waals surface area contributed by atoms with E-state index in [0.29, 0.717) is 30.8 Å². The number of rotatable bonds is 8. The number of amides is 1. The van der Waals surface area contributed by atoms with Crippen LogP contribution in [0.15, 0.2) is 72.8 Å². The maximum Gasteiger partial charge on any atom is 0.336 e. The summed E-state index contributed by atoms with van der Waals surface area (Å²) in [6.07, 6.45) is 1.69.